The Kier molecular flexibility index (Phi) is 12.7. The number of hydrogen-bond acceptors (Lipinski definition) is 6. The van der Waals surface area contributed by atoms with Gasteiger partial charge in [0.05, 0.1) is 13.2 Å². The van der Waals surface area contributed by atoms with E-state index in [2.05, 4.69) is 5.32 Å². The summed E-state index contributed by atoms with van der Waals surface area (Å²) in [6, 6.07) is 4.98. The van der Waals surface area contributed by atoms with Crippen LogP contribution in [0.25, 0.3) is 0 Å². The molecule has 0 aliphatic carbocycles. The molecule has 2 atom stereocenters. The number of hydrogen-bond donors (Lipinski definition) is 1. The summed E-state index contributed by atoms with van der Waals surface area (Å²) >= 11 is 6.08. The lowest BCUT2D eigenvalue weighted by Gasteiger charge is -2.19. The van der Waals surface area contributed by atoms with Crippen molar-refractivity contribution in [2.24, 2.45) is 5.92 Å². The minimum atomic E-state index is -0.878. The summed E-state index contributed by atoms with van der Waals surface area (Å²) in [5, 5.41) is 2.79. The number of nitrogens with one attached hydrogen (secondary N) is 1. The summed E-state index contributed by atoms with van der Waals surface area (Å²) < 4.78 is 15.9. The van der Waals surface area contributed by atoms with Crippen LogP contribution in [0.15, 0.2) is 18.2 Å². The highest BCUT2D eigenvalue weighted by molar-refractivity contribution is 6.17. The topological polar surface area (TPSA) is 90.9 Å². The molecule has 8 heteroatoms. The molecule has 0 fully saturated rings. The van der Waals surface area contributed by atoms with Crippen molar-refractivity contribution in [1.29, 1.82) is 0 Å². The normalized spacial score (nSPS) is 12.5. The molecule has 1 amide bonds. The molecule has 1 rings (SSSR count). The van der Waals surface area contributed by atoms with Gasteiger partial charge in [-0.25, -0.2) is 4.79 Å². The van der Waals surface area contributed by atoms with Gasteiger partial charge >= 0.3 is 11.9 Å². The Morgan fingerprint density at radius 1 is 0.968 bits per heavy atom. The quantitative estimate of drug-likeness (QED) is 0.245. The standard InChI is InChI=1S/C23H34ClNO6/c1-5-9-11-18(22(27)29-7-3)21(26)25-19-13-12-17(14-16(19)15-24)31-20(10-6-2)23(28)30-8-4/h12-14,18,20H,5-11,15H2,1-4H3,(H,25,26). The van der Waals surface area contributed by atoms with E-state index in [0.717, 1.165) is 19.3 Å². The highest BCUT2D eigenvalue weighted by Gasteiger charge is 2.28. The average Bonchev–Trinajstić information content (AvgIpc) is 2.75. The van der Waals surface area contributed by atoms with Crippen molar-refractivity contribution in [3.63, 3.8) is 0 Å². The number of halogens is 1. The summed E-state index contributed by atoms with van der Waals surface area (Å²) in [4.78, 5) is 37.1. The second kappa shape index (κ2) is 14.7. The Morgan fingerprint density at radius 3 is 2.23 bits per heavy atom. The molecular weight excluding hydrogens is 422 g/mol. The predicted molar refractivity (Wildman–Crippen MR) is 120 cm³/mol. The zero-order chi connectivity index (χ0) is 23.2. The Labute approximate surface area is 189 Å². The molecule has 31 heavy (non-hydrogen) atoms. The van der Waals surface area contributed by atoms with E-state index in [9.17, 15) is 14.4 Å². The van der Waals surface area contributed by atoms with E-state index in [-0.39, 0.29) is 19.1 Å². The van der Waals surface area contributed by atoms with E-state index in [1.165, 1.54) is 0 Å². The molecule has 0 aliphatic heterocycles. The molecule has 7 nitrogen and oxygen atoms in total. The fourth-order valence-electron chi connectivity index (χ4n) is 2.99. The first kappa shape index (κ1) is 26.8. The SMILES string of the molecule is CCCCC(C(=O)Nc1ccc(OC(CCC)C(=O)OCC)cc1CCl)C(=O)OCC. The van der Waals surface area contributed by atoms with Crippen molar-refractivity contribution in [3.05, 3.63) is 23.8 Å². The summed E-state index contributed by atoms with van der Waals surface area (Å²) in [5.74, 6) is -1.68. The van der Waals surface area contributed by atoms with Crippen LogP contribution < -0.4 is 10.1 Å². The highest BCUT2D eigenvalue weighted by Crippen LogP contribution is 2.26. The fraction of sp³-hybridized carbons (Fsp3) is 0.609. The van der Waals surface area contributed by atoms with Crippen LogP contribution in [-0.2, 0) is 29.7 Å². The Balaban J connectivity index is 2.99. The molecule has 0 radical (unpaired) electrons. The van der Waals surface area contributed by atoms with Crippen molar-refractivity contribution < 1.29 is 28.6 Å². The third-order valence-electron chi connectivity index (χ3n) is 4.59. The Morgan fingerprint density at radius 2 is 1.65 bits per heavy atom. The maximum absolute atomic E-state index is 12.8. The Hall–Kier alpha value is -2.28. The van der Waals surface area contributed by atoms with Crippen molar-refractivity contribution in [1.82, 2.24) is 0 Å². The molecule has 1 N–H and O–H groups in total. The number of anilines is 1. The van der Waals surface area contributed by atoms with E-state index >= 15 is 0 Å². The zero-order valence-corrected chi connectivity index (χ0v) is 19.6. The molecular formula is C23H34ClNO6. The van der Waals surface area contributed by atoms with Crippen LogP contribution in [0.5, 0.6) is 5.75 Å². The number of carbonyl (C=O) groups is 3. The molecule has 0 spiro atoms. The van der Waals surface area contributed by atoms with E-state index in [1.807, 2.05) is 13.8 Å². The second-order valence-electron chi connectivity index (χ2n) is 7.04. The molecule has 174 valence electrons. The average molecular weight is 456 g/mol. The van der Waals surface area contributed by atoms with Gasteiger partial charge in [-0.15, -0.1) is 11.6 Å². The number of rotatable bonds is 14. The smallest absolute Gasteiger partial charge is 0.347 e. The first-order valence-electron chi connectivity index (χ1n) is 10.9. The van der Waals surface area contributed by atoms with Gasteiger partial charge in [0, 0.05) is 11.6 Å². The molecule has 0 saturated heterocycles. The summed E-state index contributed by atoms with van der Waals surface area (Å²) in [5.41, 5.74) is 1.10. The summed E-state index contributed by atoms with van der Waals surface area (Å²) in [7, 11) is 0. The van der Waals surface area contributed by atoms with Gasteiger partial charge in [0.15, 0.2) is 6.10 Å². The third kappa shape index (κ3) is 8.77. The van der Waals surface area contributed by atoms with Crippen LogP contribution in [-0.4, -0.2) is 37.2 Å². The summed E-state index contributed by atoms with van der Waals surface area (Å²) in [6.45, 7) is 7.89. The first-order valence-corrected chi connectivity index (χ1v) is 11.4. The monoisotopic (exact) mass is 455 g/mol. The third-order valence-corrected chi connectivity index (χ3v) is 4.88. The van der Waals surface area contributed by atoms with Crippen molar-refractivity contribution >= 4 is 35.1 Å². The van der Waals surface area contributed by atoms with Crippen LogP contribution >= 0.6 is 11.6 Å². The lowest BCUT2D eigenvalue weighted by Crippen LogP contribution is -2.31. The molecule has 1 aromatic rings. The number of ether oxygens (including phenoxy) is 3. The summed E-state index contributed by atoms with van der Waals surface area (Å²) in [6.07, 6.45) is 2.58. The number of esters is 2. The molecule has 0 aromatic heterocycles. The lowest BCUT2D eigenvalue weighted by atomic mass is 10.0. The zero-order valence-electron chi connectivity index (χ0n) is 18.9. The van der Waals surface area contributed by atoms with E-state index in [0.29, 0.717) is 29.8 Å². The van der Waals surface area contributed by atoms with Gasteiger partial charge in [-0.05, 0) is 50.5 Å². The molecule has 1 aromatic carbocycles. The largest absolute Gasteiger partial charge is 0.479 e. The van der Waals surface area contributed by atoms with Gasteiger partial charge < -0.3 is 19.5 Å². The molecule has 0 aliphatic rings. The van der Waals surface area contributed by atoms with Gasteiger partial charge in [-0.2, -0.15) is 0 Å². The fourth-order valence-corrected chi connectivity index (χ4v) is 3.21. The van der Waals surface area contributed by atoms with E-state index in [1.54, 1.807) is 32.0 Å². The van der Waals surface area contributed by atoms with Crippen molar-refractivity contribution in [3.8, 4) is 5.75 Å². The van der Waals surface area contributed by atoms with Gasteiger partial charge in [0.2, 0.25) is 5.91 Å². The van der Waals surface area contributed by atoms with Crippen LogP contribution in [0.3, 0.4) is 0 Å². The van der Waals surface area contributed by atoms with Crippen LogP contribution in [0, 0.1) is 5.92 Å². The predicted octanol–water partition coefficient (Wildman–Crippen LogP) is 4.84. The maximum atomic E-state index is 12.8. The first-order chi connectivity index (χ1) is 14.9. The number of amides is 1. The van der Waals surface area contributed by atoms with Gasteiger partial charge in [-0.3, -0.25) is 9.59 Å². The number of benzene rings is 1. The molecule has 2 unspecified atom stereocenters. The van der Waals surface area contributed by atoms with Gasteiger partial charge in [0.1, 0.15) is 11.7 Å². The van der Waals surface area contributed by atoms with Gasteiger partial charge in [-0.1, -0.05) is 33.1 Å². The number of carbonyl (C=O) groups excluding carboxylic acids is 3. The highest BCUT2D eigenvalue weighted by atomic mass is 35.5. The number of alkyl halides is 1. The second-order valence-corrected chi connectivity index (χ2v) is 7.30. The van der Waals surface area contributed by atoms with Crippen LogP contribution in [0.1, 0.15) is 65.4 Å². The van der Waals surface area contributed by atoms with Crippen LogP contribution in [0.4, 0.5) is 5.69 Å². The number of unbranched alkanes of at least 4 members (excludes halogenated alkanes) is 1. The minimum Gasteiger partial charge on any atom is -0.479 e. The Bertz CT molecular complexity index is 724. The molecule has 0 heterocycles. The van der Waals surface area contributed by atoms with Gasteiger partial charge in [0.25, 0.3) is 0 Å². The molecule has 0 bridgehead atoms. The minimum absolute atomic E-state index is 0.115. The van der Waals surface area contributed by atoms with E-state index in [4.69, 9.17) is 25.8 Å². The van der Waals surface area contributed by atoms with Crippen molar-refractivity contribution in [2.45, 2.75) is 71.8 Å². The van der Waals surface area contributed by atoms with E-state index < -0.39 is 29.9 Å². The molecule has 0 saturated carbocycles. The van der Waals surface area contributed by atoms with Crippen molar-refractivity contribution in [2.75, 3.05) is 18.5 Å². The maximum Gasteiger partial charge on any atom is 0.347 e. The lowest BCUT2D eigenvalue weighted by molar-refractivity contribution is -0.152. The van der Waals surface area contributed by atoms with Crippen LogP contribution in [0.2, 0.25) is 0 Å².